The van der Waals surface area contributed by atoms with Gasteiger partial charge in [-0.25, -0.2) is 0 Å². The summed E-state index contributed by atoms with van der Waals surface area (Å²) in [6.07, 6.45) is 3.70. The Kier molecular flexibility index (Phi) is 5.09. The number of nitrogens with zero attached hydrogens (tertiary/aromatic N) is 2. The van der Waals surface area contributed by atoms with Crippen LogP contribution in [0.1, 0.15) is 16.8 Å². The topological polar surface area (TPSA) is 79.9 Å². The van der Waals surface area contributed by atoms with E-state index < -0.39 is 0 Å². The van der Waals surface area contributed by atoms with E-state index in [2.05, 4.69) is 20.5 Å². The number of carbonyl (C=O) groups excluding carboxylic acids is 1. The smallest absolute Gasteiger partial charge is 0.224 e. The van der Waals surface area contributed by atoms with Crippen molar-refractivity contribution < 1.29 is 9.53 Å². The molecule has 0 fully saturated rings. The summed E-state index contributed by atoms with van der Waals surface area (Å²) in [5.41, 5.74) is 4.55. The minimum atomic E-state index is -0.0453. The Morgan fingerprint density at radius 1 is 1.16 bits per heavy atom. The molecule has 3 rings (SSSR count). The van der Waals surface area contributed by atoms with Crippen molar-refractivity contribution in [3.63, 3.8) is 0 Å². The summed E-state index contributed by atoms with van der Waals surface area (Å²) in [6.45, 7) is 2.40. The van der Waals surface area contributed by atoms with Crippen molar-refractivity contribution in [2.75, 3.05) is 7.11 Å². The molecule has 0 aliphatic rings. The number of methoxy groups -OCH3 is 1. The van der Waals surface area contributed by atoms with Crippen LogP contribution in [0.2, 0.25) is 0 Å². The number of ether oxygens (including phenoxy) is 1. The molecule has 0 saturated carbocycles. The minimum Gasteiger partial charge on any atom is -0.497 e. The highest BCUT2D eigenvalue weighted by Gasteiger charge is 2.15. The number of aromatic amines is 1. The second kappa shape index (κ2) is 7.61. The summed E-state index contributed by atoms with van der Waals surface area (Å²) in [5, 5.41) is 10.3. The number of aromatic nitrogens is 3. The van der Waals surface area contributed by atoms with E-state index in [1.807, 2.05) is 43.3 Å². The fourth-order valence-electron chi connectivity index (χ4n) is 2.58. The molecule has 6 nitrogen and oxygen atoms in total. The van der Waals surface area contributed by atoms with Gasteiger partial charge in [0, 0.05) is 35.8 Å². The molecule has 0 atom stereocenters. The number of H-pyrrole nitrogens is 1. The molecule has 2 N–H and O–H groups in total. The van der Waals surface area contributed by atoms with Crippen molar-refractivity contribution in [3.05, 3.63) is 65.6 Å². The number of aryl methyl sites for hydroxylation is 1. The predicted octanol–water partition coefficient (Wildman–Crippen LogP) is 2.65. The molecular formula is C19H20N4O2. The Bertz CT molecular complexity index is 842. The van der Waals surface area contributed by atoms with E-state index in [0.29, 0.717) is 6.54 Å². The first-order valence-electron chi connectivity index (χ1n) is 8.01. The van der Waals surface area contributed by atoms with Gasteiger partial charge in [-0.05, 0) is 48.9 Å². The Morgan fingerprint density at radius 2 is 1.88 bits per heavy atom. The maximum Gasteiger partial charge on any atom is 0.224 e. The summed E-state index contributed by atoms with van der Waals surface area (Å²) in [6, 6.07) is 11.4. The second-order valence-corrected chi connectivity index (χ2v) is 5.71. The first-order valence-corrected chi connectivity index (χ1v) is 8.01. The van der Waals surface area contributed by atoms with Crippen LogP contribution in [-0.4, -0.2) is 28.2 Å². The summed E-state index contributed by atoms with van der Waals surface area (Å²) in [7, 11) is 1.63. The van der Waals surface area contributed by atoms with Gasteiger partial charge in [-0.15, -0.1) is 0 Å². The maximum atomic E-state index is 12.3. The van der Waals surface area contributed by atoms with Crippen molar-refractivity contribution >= 4 is 5.91 Å². The van der Waals surface area contributed by atoms with Crippen LogP contribution in [0.5, 0.6) is 5.75 Å². The molecule has 0 aliphatic carbocycles. The molecule has 25 heavy (non-hydrogen) atoms. The highest BCUT2D eigenvalue weighted by Crippen LogP contribution is 2.26. The van der Waals surface area contributed by atoms with Gasteiger partial charge in [-0.2, -0.15) is 5.10 Å². The Labute approximate surface area is 146 Å². The van der Waals surface area contributed by atoms with Crippen LogP contribution in [0, 0.1) is 6.92 Å². The normalized spacial score (nSPS) is 10.5. The van der Waals surface area contributed by atoms with Gasteiger partial charge in [-0.3, -0.25) is 14.9 Å². The van der Waals surface area contributed by atoms with Gasteiger partial charge in [0.15, 0.2) is 0 Å². The highest BCUT2D eigenvalue weighted by atomic mass is 16.5. The van der Waals surface area contributed by atoms with Crippen molar-refractivity contribution in [3.8, 4) is 17.0 Å². The van der Waals surface area contributed by atoms with E-state index in [0.717, 1.165) is 33.8 Å². The fourth-order valence-corrected chi connectivity index (χ4v) is 2.58. The molecule has 0 unspecified atom stereocenters. The number of hydrogen-bond acceptors (Lipinski definition) is 4. The Hall–Kier alpha value is -3.15. The number of nitrogens with one attached hydrogen (secondary N) is 2. The van der Waals surface area contributed by atoms with Crippen LogP contribution in [0.4, 0.5) is 0 Å². The highest BCUT2D eigenvalue weighted by molar-refractivity contribution is 5.81. The monoisotopic (exact) mass is 336 g/mol. The van der Waals surface area contributed by atoms with E-state index >= 15 is 0 Å². The second-order valence-electron chi connectivity index (χ2n) is 5.71. The number of pyridine rings is 1. The number of benzene rings is 1. The molecule has 2 aromatic heterocycles. The molecule has 1 amide bonds. The standard InChI is InChI=1S/C19H20N4O2/c1-13-17(11-18(24)21-12-14-7-9-20-10-8-14)19(23-22-13)15-3-5-16(25-2)6-4-15/h3-10H,11-12H2,1-2H3,(H,21,24)(H,22,23). The Morgan fingerprint density at radius 3 is 2.56 bits per heavy atom. The number of hydrogen-bond donors (Lipinski definition) is 2. The van der Waals surface area contributed by atoms with Gasteiger partial charge >= 0.3 is 0 Å². The van der Waals surface area contributed by atoms with Gasteiger partial charge in [-0.1, -0.05) is 0 Å². The van der Waals surface area contributed by atoms with Gasteiger partial charge in [0.05, 0.1) is 19.2 Å². The lowest BCUT2D eigenvalue weighted by Crippen LogP contribution is -2.24. The van der Waals surface area contributed by atoms with Gasteiger partial charge in [0.2, 0.25) is 5.91 Å². The third kappa shape index (κ3) is 4.03. The van der Waals surface area contributed by atoms with Crippen LogP contribution >= 0.6 is 0 Å². The molecule has 2 heterocycles. The van der Waals surface area contributed by atoms with E-state index in [9.17, 15) is 4.79 Å². The third-order valence-electron chi connectivity index (χ3n) is 4.01. The molecular weight excluding hydrogens is 316 g/mol. The lowest BCUT2D eigenvalue weighted by molar-refractivity contribution is -0.120. The minimum absolute atomic E-state index is 0.0453. The maximum absolute atomic E-state index is 12.3. The molecule has 3 aromatic rings. The molecule has 6 heteroatoms. The van der Waals surface area contributed by atoms with Gasteiger partial charge < -0.3 is 10.1 Å². The number of rotatable bonds is 6. The van der Waals surface area contributed by atoms with E-state index in [1.165, 1.54) is 0 Å². The molecule has 0 radical (unpaired) electrons. The van der Waals surface area contributed by atoms with Crippen molar-refractivity contribution in [2.24, 2.45) is 0 Å². The predicted molar refractivity (Wildman–Crippen MR) is 95.1 cm³/mol. The first-order chi connectivity index (χ1) is 12.2. The van der Waals surface area contributed by atoms with Crippen LogP contribution < -0.4 is 10.1 Å². The Balaban J connectivity index is 1.71. The van der Waals surface area contributed by atoms with E-state index in [1.54, 1.807) is 19.5 Å². The molecule has 128 valence electrons. The number of carbonyl (C=O) groups is 1. The average Bonchev–Trinajstić information content (AvgIpc) is 3.01. The third-order valence-corrected chi connectivity index (χ3v) is 4.01. The van der Waals surface area contributed by atoms with Gasteiger partial charge in [0.1, 0.15) is 5.75 Å². The van der Waals surface area contributed by atoms with Crippen molar-refractivity contribution in [2.45, 2.75) is 19.9 Å². The summed E-state index contributed by atoms with van der Waals surface area (Å²) < 4.78 is 5.18. The lowest BCUT2D eigenvalue weighted by Gasteiger charge is -2.07. The van der Waals surface area contributed by atoms with Gasteiger partial charge in [0.25, 0.3) is 0 Å². The quantitative estimate of drug-likeness (QED) is 0.725. The molecule has 0 spiro atoms. The SMILES string of the molecule is COc1ccc(-c2n[nH]c(C)c2CC(=O)NCc2ccncc2)cc1. The van der Waals surface area contributed by atoms with E-state index in [-0.39, 0.29) is 12.3 Å². The van der Waals surface area contributed by atoms with Crippen molar-refractivity contribution in [1.29, 1.82) is 0 Å². The number of amides is 1. The lowest BCUT2D eigenvalue weighted by atomic mass is 10.0. The molecule has 0 aliphatic heterocycles. The van der Waals surface area contributed by atoms with Crippen LogP contribution in [0.15, 0.2) is 48.8 Å². The first kappa shape index (κ1) is 16.7. The molecule has 0 saturated heterocycles. The van der Waals surface area contributed by atoms with Crippen LogP contribution in [-0.2, 0) is 17.8 Å². The summed E-state index contributed by atoms with van der Waals surface area (Å²) in [4.78, 5) is 16.3. The summed E-state index contributed by atoms with van der Waals surface area (Å²) in [5.74, 6) is 0.740. The fraction of sp³-hybridized carbons (Fsp3) is 0.211. The van der Waals surface area contributed by atoms with Crippen LogP contribution in [0.25, 0.3) is 11.3 Å². The average molecular weight is 336 g/mol. The zero-order valence-electron chi connectivity index (χ0n) is 14.2. The largest absolute Gasteiger partial charge is 0.497 e. The van der Waals surface area contributed by atoms with E-state index in [4.69, 9.17) is 4.74 Å². The van der Waals surface area contributed by atoms with Crippen molar-refractivity contribution in [1.82, 2.24) is 20.5 Å². The molecule has 1 aromatic carbocycles. The summed E-state index contributed by atoms with van der Waals surface area (Å²) >= 11 is 0. The molecule has 0 bridgehead atoms. The zero-order valence-corrected chi connectivity index (χ0v) is 14.2. The van der Waals surface area contributed by atoms with Crippen LogP contribution in [0.3, 0.4) is 0 Å². The zero-order chi connectivity index (χ0) is 17.6.